The third-order valence-electron chi connectivity index (χ3n) is 3.20. The molecule has 0 radical (unpaired) electrons. The van der Waals surface area contributed by atoms with Crippen LogP contribution in [0.1, 0.15) is 42.2 Å². The molecule has 0 amide bonds. The van der Waals surface area contributed by atoms with Crippen LogP contribution in [0.25, 0.3) is 0 Å². The van der Waals surface area contributed by atoms with Gasteiger partial charge in [-0.3, -0.25) is 0 Å². The zero-order valence-corrected chi connectivity index (χ0v) is 8.31. The van der Waals surface area contributed by atoms with Crippen LogP contribution < -0.4 is 0 Å². The fourth-order valence-corrected chi connectivity index (χ4v) is 3.04. The molecule has 0 aromatic carbocycles. The normalized spacial score (nSPS) is 24.7. The van der Waals surface area contributed by atoms with Crippen LogP contribution in [-0.2, 0) is 5.41 Å². The van der Waals surface area contributed by atoms with Crippen molar-refractivity contribution in [1.29, 1.82) is 0 Å². The third-order valence-corrected chi connectivity index (χ3v) is 4.29. The van der Waals surface area contributed by atoms with Crippen molar-refractivity contribution in [1.82, 2.24) is 4.98 Å². The molecule has 2 aliphatic carbocycles. The lowest BCUT2D eigenvalue weighted by atomic mass is 10.0. The van der Waals surface area contributed by atoms with Crippen LogP contribution in [0.4, 0.5) is 0 Å². The van der Waals surface area contributed by atoms with Crippen molar-refractivity contribution in [3.05, 3.63) is 16.1 Å². The van der Waals surface area contributed by atoms with Crippen LogP contribution in [-0.4, -0.2) is 16.7 Å². The molecule has 13 heavy (non-hydrogen) atoms. The molecule has 0 aliphatic heterocycles. The molecule has 1 N–H and O–H groups in total. The first-order chi connectivity index (χ1) is 6.36. The largest absolute Gasteiger partial charge is 0.395 e. The quantitative estimate of drug-likeness (QED) is 0.800. The SMILES string of the molecule is OCC1(c2scnc2C2CC2)CC1. The lowest BCUT2D eigenvalue weighted by Crippen LogP contribution is -2.12. The second-order valence-electron chi connectivity index (χ2n) is 4.28. The Morgan fingerprint density at radius 3 is 2.85 bits per heavy atom. The van der Waals surface area contributed by atoms with Gasteiger partial charge in [0.2, 0.25) is 0 Å². The smallest absolute Gasteiger partial charge is 0.0798 e. The van der Waals surface area contributed by atoms with E-state index in [1.807, 2.05) is 5.51 Å². The maximum Gasteiger partial charge on any atom is 0.0798 e. The van der Waals surface area contributed by atoms with E-state index in [2.05, 4.69) is 4.98 Å². The molecule has 0 atom stereocenters. The number of thiazole rings is 1. The van der Waals surface area contributed by atoms with Crippen molar-refractivity contribution in [2.45, 2.75) is 37.0 Å². The maximum atomic E-state index is 9.33. The van der Waals surface area contributed by atoms with Gasteiger partial charge in [0.05, 0.1) is 17.8 Å². The van der Waals surface area contributed by atoms with Crippen LogP contribution in [0, 0.1) is 0 Å². The van der Waals surface area contributed by atoms with Crippen LogP contribution in [0.5, 0.6) is 0 Å². The minimum absolute atomic E-state index is 0.138. The van der Waals surface area contributed by atoms with Gasteiger partial charge in [-0.15, -0.1) is 11.3 Å². The third kappa shape index (κ3) is 1.14. The van der Waals surface area contributed by atoms with Crippen molar-refractivity contribution >= 4 is 11.3 Å². The molecule has 1 aromatic heterocycles. The van der Waals surface area contributed by atoms with Gasteiger partial charge in [0, 0.05) is 16.2 Å². The monoisotopic (exact) mass is 195 g/mol. The summed E-state index contributed by atoms with van der Waals surface area (Å²) in [4.78, 5) is 5.83. The minimum Gasteiger partial charge on any atom is -0.395 e. The molecular weight excluding hydrogens is 182 g/mol. The average molecular weight is 195 g/mol. The number of nitrogens with zero attached hydrogens (tertiary/aromatic N) is 1. The highest BCUT2D eigenvalue weighted by Gasteiger charge is 2.48. The summed E-state index contributed by atoms with van der Waals surface area (Å²) in [5.74, 6) is 0.727. The molecule has 70 valence electrons. The Kier molecular flexibility index (Phi) is 1.56. The first-order valence-corrected chi connectivity index (χ1v) is 5.78. The maximum absolute atomic E-state index is 9.33. The van der Waals surface area contributed by atoms with E-state index in [1.165, 1.54) is 23.4 Å². The van der Waals surface area contributed by atoms with E-state index in [9.17, 15) is 5.11 Å². The standard InChI is InChI=1S/C10H13NOS/c12-5-10(3-4-10)9-8(7-1-2-7)11-6-13-9/h6-7,12H,1-5H2. The van der Waals surface area contributed by atoms with E-state index in [4.69, 9.17) is 0 Å². The van der Waals surface area contributed by atoms with Gasteiger partial charge in [-0.05, 0) is 25.7 Å². The Morgan fingerprint density at radius 2 is 2.31 bits per heavy atom. The number of hydrogen-bond acceptors (Lipinski definition) is 3. The minimum atomic E-state index is 0.138. The highest BCUT2D eigenvalue weighted by molar-refractivity contribution is 7.10. The van der Waals surface area contributed by atoms with E-state index >= 15 is 0 Å². The molecule has 2 fully saturated rings. The Balaban J connectivity index is 1.98. The molecular formula is C10H13NOS. The summed E-state index contributed by atoms with van der Waals surface area (Å²) in [7, 11) is 0. The summed E-state index contributed by atoms with van der Waals surface area (Å²) < 4.78 is 0. The predicted molar refractivity (Wildman–Crippen MR) is 52.1 cm³/mol. The summed E-state index contributed by atoms with van der Waals surface area (Å²) in [6, 6.07) is 0. The van der Waals surface area contributed by atoms with Gasteiger partial charge in [-0.25, -0.2) is 4.98 Å². The van der Waals surface area contributed by atoms with Crippen molar-refractivity contribution in [2.24, 2.45) is 0 Å². The predicted octanol–water partition coefficient (Wildman–Crippen LogP) is 2.04. The second-order valence-corrected chi connectivity index (χ2v) is 5.13. The summed E-state index contributed by atoms with van der Waals surface area (Å²) in [6.45, 7) is 0.314. The molecule has 3 rings (SSSR count). The van der Waals surface area contributed by atoms with Gasteiger partial charge >= 0.3 is 0 Å². The Morgan fingerprint density at radius 1 is 1.54 bits per heavy atom. The van der Waals surface area contributed by atoms with Crippen molar-refractivity contribution in [3.63, 3.8) is 0 Å². The number of rotatable bonds is 3. The fourth-order valence-electron chi connectivity index (χ4n) is 1.91. The highest BCUT2D eigenvalue weighted by Crippen LogP contribution is 2.54. The van der Waals surface area contributed by atoms with Crippen molar-refractivity contribution in [3.8, 4) is 0 Å². The summed E-state index contributed by atoms with van der Waals surface area (Å²) in [6.07, 6.45) is 4.92. The Hall–Kier alpha value is -0.410. The number of aliphatic hydroxyl groups excluding tert-OH is 1. The van der Waals surface area contributed by atoms with E-state index in [1.54, 1.807) is 11.3 Å². The van der Waals surface area contributed by atoms with Crippen LogP contribution >= 0.6 is 11.3 Å². The second kappa shape index (κ2) is 2.55. The van der Waals surface area contributed by atoms with Crippen LogP contribution in [0.15, 0.2) is 5.51 Å². The van der Waals surface area contributed by atoms with E-state index < -0.39 is 0 Å². The van der Waals surface area contributed by atoms with E-state index in [-0.39, 0.29) is 5.41 Å². The molecule has 2 saturated carbocycles. The number of aromatic nitrogens is 1. The summed E-state index contributed by atoms with van der Waals surface area (Å²) in [5, 5.41) is 9.33. The summed E-state index contributed by atoms with van der Waals surface area (Å²) >= 11 is 1.74. The van der Waals surface area contributed by atoms with Gasteiger partial charge in [-0.1, -0.05) is 0 Å². The molecule has 2 aliphatic rings. The Bertz CT molecular complexity index is 325. The zero-order valence-electron chi connectivity index (χ0n) is 7.49. The van der Waals surface area contributed by atoms with E-state index in [0.29, 0.717) is 6.61 Å². The molecule has 0 unspecified atom stereocenters. The Labute approximate surface area is 81.6 Å². The van der Waals surface area contributed by atoms with Gasteiger partial charge in [0.15, 0.2) is 0 Å². The topological polar surface area (TPSA) is 33.1 Å². The molecule has 1 aromatic rings. The zero-order chi connectivity index (χ0) is 8.89. The van der Waals surface area contributed by atoms with Gasteiger partial charge in [-0.2, -0.15) is 0 Å². The summed E-state index contributed by atoms with van der Waals surface area (Å²) in [5.41, 5.74) is 3.38. The fraction of sp³-hybridized carbons (Fsp3) is 0.700. The van der Waals surface area contributed by atoms with Crippen molar-refractivity contribution < 1.29 is 5.11 Å². The molecule has 3 heteroatoms. The van der Waals surface area contributed by atoms with Crippen LogP contribution in [0.3, 0.4) is 0 Å². The lowest BCUT2D eigenvalue weighted by molar-refractivity contribution is 0.256. The molecule has 0 bridgehead atoms. The van der Waals surface area contributed by atoms with E-state index in [0.717, 1.165) is 18.8 Å². The van der Waals surface area contributed by atoms with Gasteiger partial charge < -0.3 is 5.11 Å². The number of hydrogen-bond donors (Lipinski definition) is 1. The van der Waals surface area contributed by atoms with Crippen LogP contribution in [0.2, 0.25) is 0 Å². The molecule has 2 nitrogen and oxygen atoms in total. The number of aliphatic hydroxyl groups is 1. The first-order valence-electron chi connectivity index (χ1n) is 4.90. The van der Waals surface area contributed by atoms with Gasteiger partial charge in [0.1, 0.15) is 0 Å². The lowest BCUT2D eigenvalue weighted by Gasteiger charge is -2.10. The molecule has 1 heterocycles. The van der Waals surface area contributed by atoms with Crippen molar-refractivity contribution in [2.75, 3.05) is 6.61 Å². The van der Waals surface area contributed by atoms with Gasteiger partial charge in [0.25, 0.3) is 0 Å². The molecule has 0 saturated heterocycles. The highest BCUT2D eigenvalue weighted by atomic mass is 32.1. The average Bonchev–Trinajstić information content (AvgIpc) is 3.07. The first kappa shape index (κ1) is 7.94. The molecule has 0 spiro atoms.